The molecule has 0 radical (unpaired) electrons. The lowest BCUT2D eigenvalue weighted by atomic mass is 9.72. The third-order valence-corrected chi connectivity index (χ3v) is 8.21. The first-order valence-corrected chi connectivity index (χ1v) is 12.4. The summed E-state index contributed by atoms with van der Waals surface area (Å²) in [7, 11) is 0. The highest BCUT2D eigenvalue weighted by Crippen LogP contribution is 2.41. The van der Waals surface area contributed by atoms with Crippen LogP contribution in [-0.4, -0.2) is 10.9 Å². The zero-order valence-electron chi connectivity index (χ0n) is 18.5. The van der Waals surface area contributed by atoms with E-state index >= 15 is 0 Å². The van der Waals surface area contributed by atoms with Crippen molar-refractivity contribution < 1.29 is 4.79 Å². The molecule has 0 aliphatic heterocycles. The largest absolute Gasteiger partial charge is 0.298 e. The van der Waals surface area contributed by atoms with E-state index < -0.39 is 0 Å². The van der Waals surface area contributed by atoms with Crippen LogP contribution in [0.4, 0.5) is 5.13 Å². The molecule has 0 saturated carbocycles. The zero-order chi connectivity index (χ0) is 21.5. The van der Waals surface area contributed by atoms with E-state index in [2.05, 4.69) is 64.2 Å². The normalized spacial score (nSPS) is 16.4. The van der Waals surface area contributed by atoms with E-state index in [1.165, 1.54) is 16.0 Å². The van der Waals surface area contributed by atoms with E-state index in [0.717, 1.165) is 47.4 Å². The van der Waals surface area contributed by atoms with Gasteiger partial charge in [0.05, 0.1) is 11.3 Å². The average molecular weight is 439 g/mol. The summed E-state index contributed by atoms with van der Waals surface area (Å²) in [5.74, 6) is 0.658. The number of thiophene rings is 1. The van der Waals surface area contributed by atoms with E-state index in [-0.39, 0.29) is 5.91 Å². The monoisotopic (exact) mass is 438 g/mol. The highest BCUT2D eigenvalue weighted by Gasteiger charge is 2.31. The van der Waals surface area contributed by atoms with Crippen LogP contribution in [0.25, 0.3) is 11.3 Å². The first kappa shape index (κ1) is 21.3. The third kappa shape index (κ3) is 4.23. The van der Waals surface area contributed by atoms with Crippen molar-refractivity contribution >= 4 is 33.7 Å². The Kier molecular flexibility index (Phi) is 5.86. The first-order valence-electron chi connectivity index (χ1n) is 10.7. The van der Waals surface area contributed by atoms with Crippen LogP contribution in [0.15, 0.2) is 29.6 Å². The Balaban J connectivity index is 1.51. The smallest absolute Gasteiger partial charge is 0.258 e. The van der Waals surface area contributed by atoms with Gasteiger partial charge in [0.1, 0.15) is 0 Å². The standard InChI is InChI=1S/C25H30N2OS2/c1-6-16-7-9-17(10-8-16)22-15(2)30-24(26-22)27-23(28)20-14-29-21-13-18(25(3,4)5)11-12-19(20)21/h7-10,14,18H,6,11-13H2,1-5H3,(H,26,27,28)/t18-/m0/s1. The maximum absolute atomic E-state index is 13.0. The molecule has 0 fully saturated rings. The van der Waals surface area contributed by atoms with Gasteiger partial charge in [0.15, 0.2) is 5.13 Å². The summed E-state index contributed by atoms with van der Waals surface area (Å²) in [6, 6.07) is 8.53. The number of amides is 1. The lowest BCUT2D eigenvalue weighted by Gasteiger charge is -2.34. The van der Waals surface area contributed by atoms with Crippen LogP contribution >= 0.6 is 22.7 Å². The Labute approximate surface area is 187 Å². The van der Waals surface area contributed by atoms with Crippen molar-refractivity contribution in [3.05, 3.63) is 56.1 Å². The molecular weight excluding hydrogens is 408 g/mol. The summed E-state index contributed by atoms with van der Waals surface area (Å²) in [5.41, 5.74) is 5.77. The van der Waals surface area contributed by atoms with Crippen molar-refractivity contribution in [3.8, 4) is 11.3 Å². The number of anilines is 1. The minimum Gasteiger partial charge on any atom is -0.298 e. The predicted molar refractivity (Wildman–Crippen MR) is 129 cm³/mol. The van der Waals surface area contributed by atoms with Gasteiger partial charge in [0, 0.05) is 20.7 Å². The van der Waals surface area contributed by atoms with Crippen molar-refractivity contribution in [2.24, 2.45) is 11.3 Å². The summed E-state index contributed by atoms with van der Waals surface area (Å²) in [6.07, 6.45) is 4.27. The molecule has 158 valence electrons. The molecule has 0 unspecified atom stereocenters. The molecule has 1 N–H and O–H groups in total. The number of thiazole rings is 1. The van der Waals surface area contributed by atoms with Crippen molar-refractivity contribution in [3.63, 3.8) is 0 Å². The number of carbonyl (C=O) groups excluding carboxylic acids is 1. The van der Waals surface area contributed by atoms with Gasteiger partial charge in [-0.05, 0) is 55.1 Å². The molecule has 1 atom stereocenters. The van der Waals surface area contributed by atoms with E-state index in [0.29, 0.717) is 16.5 Å². The molecule has 1 aliphatic carbocycles. The average Bonchev–Trinajstić information content (AvgIpc) is 3.30. The van der Waals surface area contributed by atoms with Gasteiger partial charge in [-0.3, -0.25) is 10.1 Å². The number of nitrogens with zero attached hydrogens (tertiary/aromatic N) is 1. The van der Waals surface area contributed by atoms with E-state index in [1.807, 2.05) is 5.38 Å². The van der Waals surface area contributed by atoms with E-state index in [4.69, 9.17) is 4.98 Å². The number of hydrogen-bond donors (Lipinski definition) is 1. The van der Waals surface area contributed by atoms with Crippen LogP contribution in [0.5, 0.6) is 0 Å². The molecule has 1 aliphatic rings. The number of aromatic nitrogens is 1. The van der Waals surface area contributed by atoms with Crippen LogP contribution in [0.2, 0.25) is 0 Å². The maximum atomic E-state index is 13.0. The molecule has 1 aromatic carbocycles. The second-order valence-corrected chi connectivity index (χ2v) is 11.5. The summed E-state index contributed by atoms with van der Waals surface area (Å²) in [4.78, 5) is 20.3. The van der Waals surface area contributed by atoms with Gasteiger partial charge in [0.25, 0.3) is 5.91 Å². The lowest BCUT2D eigenvalue weighted by Crippen LogP contribution is -2.27. The molecule has 4 rings (SSSR count). The Morgan fingerprint density at radius 3 is 2.63 bits per heavy atom. The molecule has 3 nitrogen and oxygen atoms in total. The highest BCUT2D eigenvalue weighted by molar-refractivity contribution is 7.16. The van der Waals surface area contributed by atoms with Crippen molar-refractivity contribution in [2.45, 2.75) is 60.3 Å². The second kappa shape index (κ2) is 8.27. The minimum atomic E-state index is -0.0247. The summed E-state index contributed by atoms with van der Waals surface area (Å²) in [5, 5.41) is 5.78. The number of benzene rings is 1. The van der Waals surface area contributed by atoms with Crippen molar-refractivity contribution in [1.29, 1.82) is 0 Å². The quantitative estimate of drug-likeness (QED) is 0.470. The zero-order valence-corrected chi connectivity index (χ0v) is 20.1. The molecule has 0 bridgehead atoms. The van der Waals surface area contributed by atoms with Crippen LogP contribution in [0.3, 0.4) is 0 Å². The van der Waals surface area contributed by atoms with Gasteiger partial charge in [-0.2, -0.15) is 0 Å². The lowest BCUT2D eigenvalue weighted by molar-refractivity contribution is 0.102. The van der Waals surface area contributed by atoms with E-state index in [9.17, 15) is 4.79 Å². The molecule has 3 aromatic rings. The number of aryl methyl sites for hydroxylation is 2. The minimum absolute atomic E-state index is 0.0247. The number of nitrogens with one attached hydrogen (secondary N) is 1. The highest BCUT2D eigenvalue weighted by atomic mass is 32.1. The first-order chi connectivity index (χ1) is 14.3. The molecule has 2 heterocycles. The van der Waals surface area contributed by atoms with Crippen molar-refractivity contribution in [2.75, 3.05) is 5.32 Å². The van der Waals surface area contributed by atoms with Crippen LogP contribution < -0.4 is 5.32 Å². The van der Waals surface area contributed by atoms with Gasteiger partial charge >= 0.3 is 0 Å². The maximum Gasteiger partial charge on any atom is 0.258 e. The SMILES string of the molecule is CCc1ccc(-c2nc(NC(=O)c3csc4c3CC[C@H](C(C)(C)C)C4)sc2C)cc1. The Morgan fingerprint density at radius 1 is 1.23 bits per heavy atom. The summed E-state index contributed by atoms with van der Waals surface area (Å²) in [6.45, 7) is 11.2. The third-order valence-electron chi connectivity index (χ3n) is 6.28. The molecule has 1 amide bonds. The number of rotatable bonds is 4. The fourth-order valence-electron chi connectivity index (χ4n) is 4.22. The molecule has 0 spiro atoms. The Bertz CT molecular complexity index is 1050. The summed E-state index contributed by atoms with van der Waals surface area (Å²) >= 11 is 3.29. The van der Waals surface area contributed by atoms with Crippen LogP contribution in [-0.2, 0) is 19.3 Å². The van der Waals surface area contributed by atoms with Gasteiger partial charge in [-0.25, -0.2) is 4.98 Å². The van der Waals surface area contributed by atoms with Crippen molar-refractivity contribution in [1.82, 2.24) is 4.98 Å². The number of fused-ring (bicyclic) bond motifs is 1. The van der Waals surface area contributed by atoms with Crippen LogP contribution in [0.1, 0.15) is 65.4 Å². The predicted octanol–water partition coefficient (Wildman–Crippen LogP) is 7.15. The van der Waals surface area contributed by atoms with E-state index in [1.54, 1.807) is 22.7 Å². The van der Waals surface area contributed by atoms with Gasteiger partial charge in [-0.15, -0.1) is 22.7 Å². The molecule has 30 heavy (non-hydrogen) atoms. The van der Waals surface area contributed by atoms with Gasteiger partial charge in [-0.1, -0.05) is 52.0 Å². The Morgan fingerprint density at radius 2 is 1.97 bits per heavy atom. The fourth-order valence-corrected chi connectivity index (χ4v) is 6.21. The second-order valence-electron chi connectivity index (χ2n) is 9.29. The molecule has 0 saturated heterocycles. The molecular formula is C25H30N2OS2. The van der Waals surface area contributed by atoms with Crippen LogP contribution in [0, 0.1) is 18.3 Å². The topological polar surface area (TPSA) is 42.0 Å². The molecule has 2 aromatic heterocycles. The fraction of sp³-hybridized carbons (Fsp3) is 0.440. The molecule has 5 heteroatoms. The van der Waals surface area contributed by atoms with Gasteiger partial charge in [0.2, 0.25) is 0 Å². The summed E-state index contributed by atoms with van der Waals surface area (Å²) < 4.78 is 0. The number of hydrogen-bond acceptors (Lipinski definition) is 4. The number of carbonyl (C=O) groups is 1. The van der Waals surface area contributed by atoms with Gasteiger partial charge < -0.3 is 0 Å². The Hall–Kier alpha value is -1.98.